The number of amides is 1. The number of ether oxygens (including phenoxy) is 1. The third-order valence-corrected chi connectivity index (χ3v) is 2.26. The lowest BCUT2D eigenvalue weighted by atomic mass is 10.2. The summed E-state index contributed by atoms with van der Waals surface area (Å²) in [6, 6.07) is 0.181. The lowest BCUT2D eigenvalue weighted by Gasteiger charge is -2.19. The summed E-state index contributed by atoms with van der Waals surface area (Å²) in [6.07, 6.45) is 0.535. The molecule has 5 nitrogen and oxygen atoms in total. The van der Waals surface area contributed by atoms with Crippen LogP contribution in [0.4, 0.5) is 0 Å². The summed E-state index contributed by atoms with van der Waals surface area (Å²) >= 11 is 0. The van der Waals surface area contributed by atoms with Gasteiger partial charge in [-0.05, 0) is 20.8 Å². The van der Waals surface area contributed by atoms with Gasteiger partial charge in [0.2, 0.25) is 5.91 Å². The highest BCUT2D eigenvalue weighted by Gasteiger charge is 2.13. The minimum absolute atomic E-state index is 0.0105. The molecule has 0 aliphatic rings. The molecule has 16 heavy (non-hydrogen) atoms. The van der Waals surface area contributed by atoms with Gasteiger partial charge < -0.3 is 21.1 Å². The zero-order chi connectivity index (χ0) is 12.6. The lowest BCUT2D eigenvalue weighted by molar-refractivity contribution is -0.122. The van der Waals surface area contributed by atoms with Crippen LogP contribution < -0.4 is 16.4 Å². The Hall–Kier alpha value is -0.650. The van der Waals surface area contributed by atoms with E-state index >= 15 is 0 Å². The fraction of sp³-hybridized carbons (Fsp3) is 0.909. The normalized spacial score (nSPS) is 14.9. The molecular weight excluding hydrogens is 206 g/mol. The van der Waals surface area contributed by atoms with Crippen LogP contribution in [0, 0.1) is 0 Å². The highest BCUT2D eigenvalue weighted by molar-refractivity contribution is 5.76. The Labute approximate surface area is 98.1 Å². The Kier molecular flexibility index (Phi) is 8.15. The highest BCUT2D eigenvalue weighted by Crippen LogP contribution is 1.93. The summed E-state index contributed by atoms with van der Waals surface area (Å²) in [4.78, 5) is 11.5. The molecular formula is C11H25N3O2. The molecule has 0 rings (SSSR count). The van der Waals surface area contributed by atoms with Crippen LogP contribution >= 0.6 is 0 Å². The molecule has 0 bridgehead atoms. The van der Waals surface area contributed by atoms with Gasteiger partial charge in [0.05, 0.1) is 6.10 Å². The predicted molar refractivity (Wildman–Crippen MR) is 65.2 cm³/mol. The molecule has 0 saturated carbocycles. The second-order valence-corrected chi connectivity index (χ2v) is 4.31. The third-order valence-electron chi connectivity index (χ3n) is 2.26. The molecule has 0 spiro atoms. The minimum atomic E-state index is 0.0105. The van der Waals surface area contributed by atoms with Gasteiger partial charge in [-0.15, -0.1) is 0 Å². The van der Waals surface area contributed by atoms with E-state index in [0.717, 1.165) is 0 Å². The quantitative estimate of drug-likeness (QED) is 0.543. The standard InChI is InChI=1S/C11H25N3O2/c1-8(2)14-11(15)5-10(6-12)13-7-9(3)16-4/h8-10,13H,5-7,12H2,1-4H3,(H,14,15). The molecule has 2 atom stereocenters. The van der Waals surface area contributed by atoms with E-state index in [1.54, 1.807) is 7.11 Å². The van der Waals surface area contributed by atoms with Crippen LogP contribution in [0.3, 0.4) is 0 Å². The number of nitrogens with one attached hydrogen (secondary N) is 2. The van der Waals surface area contributed by atoms with Crippen molar-refractivity contribution >= 4 is 5.91 Å². The summed E-state index contributed by atoms with van der Waals surface area (Å²) in [5.74, 6) is 0.0306. The average molecular weight is 231 g/mol. The number of hydrogen-bond acceptors (Lipinski definition) is 4. The Morgan fingerprint density at radius 3 is 2.44 bits per heavy atom. The van der Waals surface area contributed by atoms with Crippen molar-refractivity contribution in [1.82, 2.24) is 10.6 Å². The summed E-state index contributed by atoms with van der Waals surface area (Å²) in [7, 11) is 1.66. The summed E-state index contributed by atoms with van der Waals surface area (Å²) in [6.45, 7) is 7.00. The first-order valence-electron chi connectivity index (χ1n) is 5.75. The molecule has 96 valence electrons. The first kappa shape index (κ1) is 15.3. The highest BCUT2D eigenvalue weighted by atomic mass is 16.5. The van der Waals surface area contributed by atoms with Crippen LogP contribution in [0.2, 0.25) is 0 Å². The first-order valence-corrected chi connectivity index (χ1v) is 5.75. The summed E-state index contributed by atoms with van der Waals surface area (Å²) in [5, 5.41) is 6.06. The molecule has 5 heteroatoms. The fourth-order valence-electron chi connectivity index (χ4n) is 1.26. The van der Waals surface area contributed by atoms with Gasteiger partial charge in [0.1, 0.15) is 0 Å². The van der Waals surface area contributed by atoms with Gasteiger partial charge in [0.15, 0.2) is 0 Å². The largest absolute Gasteiger partial charge is 0.380 e. The van der Waals surface area contributed by atoms with E-state index in [1.165, 1.54) is 0 Å². The molecule has 0 saturated heterocycles. The topological polar surface area (TPSA) is 76.4 Å². The van der Waals surface area contributed by atoms with Gasteiger partial charge >= 0.3 is 0 Å². The minimum Gasteiger partial charge on any atom is -0.380 e. The van der Waals surface area contributed by atoms with Crippen LogP contribution in [0.1, 0.15) is 27.2 Å². The molecule has 0 heterocycles. The monoisotopic (exact) mass is 231 g/mol. The van der Waals surface area contributed by atoms with Crippen molar-refractivity contribution < 1.29 is 9.53 Å². The van der Waals surface area contributed by atoms with E-state index in [-0.39, 0.29) is 24.1 Å². The Morgan fingerprint density at radius 1 is 1.38 bits per heavy atom. The third kappa shape index (κ3) is 7.62. The Balaban J connectivity index is 3.86. The van der Waals surface area contributed by atoms with Crippen LogP contribution in [0.25, 0.3) is 0 Å². The van der Waals surface area contributed by atoms with Crippen LogP contribution in [0.5, 0.6) is 0 Å². The second kappa shape index (κ2) is 8.50. The predicted octanol–water partition coefficient (Wildman–Crippen LogP) is -0.147. The maximum atomic E-state index is 11.5. The van der Waals surface area contributed by atoms with Crippen molar-refractivity contribution in [2.75, 3.05) is 20.2 Å². The molecule has 1 amide bonds. The molecule has 0 aromatic rings. The van der Waals surface area contributed by atoms with E-state index in [1.807, 2.05) is 20.8 Å². The summed E-state index contributed by atoms with van der Waals surface area (Å²) < 4.78 is 5.11. The van der Waals surface area contributed by atoms with Gasteiger partial charge in [-0.25, -0.2) is 0 Å². The lowest BCUT2D eigenvalue weighted by Crippen LogP contribution is -2.44. The van der Waals surface area contributed by atoms with Gasteiger partial charge in [-0.1, -0.05) is 0 Å². The van der Waals surface area contributed by atoms with Crippen molar-refractivity contribution in [3.05, 3.63) is 0 Å². The SMILES string of the molecule is COC(C)CNC(CN)CC(=O)NC(C)C. The molecule has 0 aliphatic heterocycles. The molecule has 0 radical (unpaired) electrons. The number of carbonyl (C=O) groups is 1. The fourth-order valence-corrected chi connectivity index (χ4v) is 1.26. The molecule has 0 aromatic heterocycles. The van der Waals surface area contributed by atoms with Gasteiger partial charge in [-0.3, -0.25) is 4.79 Å². The van der Waals surface area contributed by atoms with Crippen molar-refractivity contribution in [1.29, 1.82) is 0 Å². The number of nitrogens with two attached hydrogens (primary N) is 1. The van der Waals surface area contributed by atoms with Crippen molar-refractivity contribution in [2.45, 2.75) is 45.4 Å². The number of methoxy groups -OCH3 is 1. The van der Waals surface area contributed by atoms with E-state index < -0.39 is 0 Å². The van der Waals surface area contributed by atoms with Gasteiger partial charge in [-0.2, -0.15) is 0 Å². The maximum absolute atomic E-state index is 11.5. The number of carbonyl (C=O) groups excluding carboxylic acids is 1. The Morgan fingerprint density at radius 2 is 2.00 bits per heavy atom. The van der Waals surface area contributed by atoms with Gasteiger partial charge in [0, 0.05) is 38.7 Å². The smallest absolute Gasteiger partial charge is 0.221 e. The van der Waals surface area contributed by atoms with Crippen LogP contribution in [0.15, 0.2) is 0 Å². The van der Waals surface area contributed by atoms with Crippen molar-refractivity contribution in [2.24, 2.45) is 5.73 Å². The molecule has 4 N–H and O–H groups in total. The zero-order valence-electron chi connectivity index (χ0n) is 10.7. The maximum Gasteiger partial charge on any atom is 0.221 e. The van der Waals surface area contributed by atoms with Crippen LogP contribution in [-0.4, -0.2) is 44.3 Å². The number of rotatable bonds is 8. The van der Waals surface area contributed by atoms with E-state index in [4.69, 9.17) is 10.5 Å². The molecule has 0 fully saturated rings. The van der Waals surface area contributed by atoms with E-state index in [0.29, 0.717) is 19.5 Å². The summed E-state index contributed by atoms with van der Waals surface area (Å²) in [5.41, 5.74) is 5.60. The van der Waals surface area contributed by atoms with Gasteiger partial charge in [0.25, 0.3) is 0 Å². The van der Waals surface area contributed by atoms with Crippen molar-refractivity contribution in [3.63, 3.8) is 0 Å². The zero-order valence-corrected chi connectivity index (χ0v) is 10.7. The first-order chi connectivity index (χ1) is 7.49. The molecule has 2 unspecified atom stereocenters. The Bertz CT molecular complexity index is 198. The number of hydrogen-bond donors (Lipinski definition) is 3. The average Bonchev–Trinajstić information content (AvgIpc) is 2.22. The van der Waals surface area contributed by atoms with Crippen molar-refractivity contribution in [3.8, 4) is 0 Å². The molecule has 0 aromatic carbocycles. The van der Waals surface area contributed by atoms with E-state index in [2.05, 4.69) is 10.6 Å². The van der Waals surface area contributed by atoms with E-state index in [9.17, 15) is 4.79 Å². The second-order valence-electron chi connectivity index (χ2n) is 4.31. The van der Waals surface area contributed by atoms with Crippen LogP contribution in [-0.2, 0) is 9.53 Å². The molecule has 0 aliphatic carbocycles.